The predicted octanol–water partition coefficient (Wildman–Crippen LogP) is 2.78. The van der Waals surface area contributed by atoms with E-state index in [4.69, 9.17) is 14.7 Å². The highest BCUT2D eigenvalue weighted by molar-refractivity contribution is 7.19. The highest BCUT2D eigenvalue weighted by Gasteiger charge is 2.23. The first kappa shape index (κ1) is 21.5. The summed E-state index contributed by atoms with van der Waals surface area (Å²) in [4.78, 5) is 26.9. The molecular formula is C24H27N7O2S. The summed E-state index contributed by atoms with van der Waals surface area (Å²) in [5.41, 5.74) is 2.96. The van der Waals surface area contributed by atoms with E-state index in [-0.39, 0.29) is 0 Å². The summed E-state index contributed by atoms with van der Waals surface area (Å²) in [5.74, 6) is 1.72. The number of hydrogen-bond acceptors (Lipinski definition) is 8. The lowest BCUT2D eigenvalue weighted by atomic mass is 10.1. The van der Waals surface area contributed by atoms with Crippen molar-refractivity contribution in [1.82, 2.24) is 30.4 Å². The molecule has 0 radical (unpaired) electrons. The lowest BCUT2D eigenvalue weighted by Crippen LogP contribution is -2.41. The second kappa shape index (κ2) is 9.28. The summed E-state index contributed by atoms with van der Waals surface area (Å²) in [6.45, 7) is 5.92. The maximum absolute atomic E-state index is 10.7. The summed E-state index contributed by atoms with van der Waals surface area (Å²) < 4.78 is 6.74. The number of thiophene rings is 1. The Kier molecular flexibility index (Phi) is 5.86. The highest BCUT2D eigenvalue weighted by atomic mass is 32.1. The molecule has 0 spiro atoms. The Labute approximate surface area is 201 Å². The number of carbonyl (C=O) groups excluding carboxylic acids is 1. The lowest BCUT2D eigenvalue weighted by Gasteiger charge is -2.31. The van der Waals surface area contributed by atoms with Crippen molar-refractivity contribution in [2.45, 2.75) is 25.4 Å². The van der Waals surface area contributed by atoms with Crippen molar-refractivity contribution in [1.29, 1.82) is 0 Å². The van der Waals surface area contributed by atoms with Crippen molar-refractivity contribution < 1.29 is 9.53 Å². The molecule has 0 aliphatic carbocycles. The van der Waals surface area contributed by atoms with Crippen LogP contribution in [-0.4, -0.2) is 76.9 Å². The molecule has 0 atom stereocenters. The monoisotopic (exact) mass is 477 g/mol. The van der Waals surface area contributed by atoms with E-state index in [1.807, 2.05) is 18.3 Å². The number of rotatable bonds is 6. The smallest absolute Gasteiger partial charge is 0.207 e. The fourth-order valence-electron chi connectivity index (χ4n) is 4.89. The van der Waals surface area contributed by atoms with Crippen LogP contribution in [0.4, 0.5) is 5.82 Å². The van der Waals surface area contributed by atoms with Gasteiger partial charge < -0.3 is 15.0 Å². The molecule has 176 valence electrons. The summed E-state index contributed by atoms with van der Waals surface area (Å²) in [7, 11) is 0. The fraction of sp³-hybridized carbons (Fsp3) is 0.417. The molecule has 4 aromatic rings. The van der Waals surface area contributed by atoms with Crippen molar-refractivity contribution in [3.05, 3.63) is 35.3 Å². The third-order valence-corrected chi connectivity index (χ3v) is 7.82. The number of benzene rings is 1. The molecule has 0 saturated carbocycles. The van der Waals surface area contributed by atoms with Gasteiger partial charge in [0, 0.05) is 54.6 Å². The molecule has 2 N–H and O–H groups in total. The third-order valence-electron chi connectivity index (χ3n) is 6.71. The zero-order valence-electron chi connectivity index (χ0n) is 18.9. The topological polar surface area (TPSA) is 99.3 Å². The second-order valence-electron chi connectivity index (χ2n) is 8.87. The van der Waals surface area contributed by atoms with Crippen LogP contribution < -0.4 is 10.2 Å². The molecule has 2 fully saturated rings. The Morgan fingerprint density at radius 3 is 2.85 bits per heavy atom. The number of ether oxygens (including phenoxy) is 1. The van der Waals surface area contributed by atoms with Crippen LogP contribution in [0, 0.1) is 0 Å². The molecule has 34 heavy (non-hydrogen) atoms. The molecule has 10 heteroatoms. The lowest BCUT2D eigenvalue weighted by molar-refractivity contribution is -0.110. The first-order chi connectivity index (χ1) is 16.8. The Hall–Kier alpha value is -3.08. The van der Waals surface area contributed by atoms with Gasteiger partial charge in [-0.25, -0.2) is 9.97 Å². The van der Waals surface area contributed by atoms with E-state index in [1.165, 1.54) is 4.88 Å². The van der Waals surface area contributed by atoms with Crippen LogP contribution in [0.5, 0.6) is 0 Å². The van der Waals surface area contributed by atoms with Gasteiger partial charge in [-0.05, 0) is 25.0 Å². The zero-order valence-corrected chi connectivity index (χ0v) is 19.7. The molecule has 3 aromatic heterocycles. The van der Waals surface area contributed by atoms with Gasteiger partial charge in [0.25, 0.3) is 0 Å². The van der Waals surface area contributed by atoms with E-state index in [0.29, 0.717) is 19.3 Å². The van der Waals surface area contributed by atoms with Crippen LogP contribution in [0.2, 0.25) is 0 Å². The molecule has 6 rings (SSSR count). The van der Waals surface area contributed by atoms with Crippen molar-refractivity contribution >= 4 is 44.7 Å². The van der Waals surface area contributed by atoms with E-state index in [0.717, 1.165) is 90.3 Å². The fourth-order valence-corrected chi connectivity index (χ4v) is 6.04. The number of hydrogen-bond donors (Lipinski definition) is 2. The molecule has 0 bridgehead atoms. The largest absolute Gasteiger partial charge is 0.378 e. The quantitative estimate of drug-likeness (QED) is 0.412. The number of morpholine rings is 1. The van der Waals surface area contributed by atoms with Gasteiger partial charge in [-0.2, -0.15) is 5.10 Å². The predicted molar refractivity (Wildman–Crippen MR) is 133 cm³/mol. The van der Waals surface area contributed by atoms with E-state index in [2.05, 4.69) is 37.4 Å². The summed E-state index contributed by atoms with van der Waals surface area (Å²) >= 11 is 1.79. The maximum atomic E-state index is 10.7. The van der Waals surface area contributed by atoms with Gasteiger partial charge in [-0.1, -0.05) is 12.1 Å². The summed E-state index contributed by atoms with van der Waals surface area (Å²) in [6.07, 6.45) is 4.64. The van der Waals surface area contributed by atoms with Crippen LogP contribution in [-0.2, 0) is 16.1 Å². The molecular weight excluding hydrogens is 450 g/mol. The number of anilines is 1. The number of piperidine rings is 1. The van der Waals surface area contributed by atoms with E-state index in [1.54, 1.807) is 11.3 Å². The summed E-state index contributed by atoms with van der Waals surface area (Å²) in [5, 5.41) is 11.2. The van der Waals surface area contributed by atoms with E-state index >= 15 is 0 Å². The van der Waals surface area contributed by atoms with E-state index in [9.17, 15) is 4.79 Å². The minimum absolute atomic E-state index is 0.295. The zero-order chi connectivity index (χ0) is 22.9. The molecule has 2 saturated heterocycles. The molecule has 2 aliphatic rings. The number of likely N-dealkylation sites (tertiary alicyclic amines) is 1. The SMILES string of the molecule is O=CNC1CCN(Cc2cc3nc(-c4cccc5[nH]ncc45)nc(N4CCOCC4)c3s2)CC1. The number of carbonyl (C=O) groups is 1. The van der Waals surface area contributed by atoms with Crippen LogP contribution in [0.3, 0.4) is 0 Å². The Bertz CT molecular complexity index is 1310. The average molecular weight is 478 g/mol. The highest BCUT2D eigenvalue weighted by Crippen LogP contribution is 2.36. The van der Waals surface area contributed by atoms with Gasteiger partial charge in [0.05, 0.1) is 35.1 Å². The molecule has 5 heterocycles. The van der Waals surface area contributed by atoms with Crippen LogP contribution in [0.25, 0.3) is 32.5 Å². The van der Waals surface area contributed by atoms with Crippen LogP contribution in [0.15, 0.2) is 30.5 Å². The minimum Gasteiger partial charge on any atom is -0.378 e. The number of amides is 1. The van der Waals surface area contributed by atoms with Gasteiger partial charge >= 0.3 is 0 Å². The number of nitrogens with one attached hydrogen (secondary N) is 2. The number of aromatic nitrogens is 4. The Morgan fingerprint density at radius 1 is 1.18 bits per heavy atom. The van der Waals surface area contributed by atoms with E-state index < -0.39 is 0 Å². The number of aromatic amines is 1. The first-order valence-corrected chi connectivity index (χ1v) is 12.6. The molecule has 0 unspecified atom stereocenters. The van der Waals surface area contributed by atoms with Crippen LogP contribution in [0.1, 0.15) is 17.7 Å². The molecule has 2 aliphatic heterocycles. The number of H-pyrrole nitrogens is 1. The Balaban J connectivity index is 1.36. The van der Waals surface area contributed by atoms with Crippen molar-refractivity contribution in [3.63, 3.8) is 0 Å². The summed E-state index contributed by atoms with van der Waals surface area (Å²) in [6, 6.07) is 8.61. The standard InChI is InChI=1S/C24H27N7O2S/c32-15-25-16-4-6-30(7-5-16)14-17-12-21-22(34-17)24(31-8-10-33-11-9-31)28-23(27-21)18-2-1-3-20-19(18)13-26-29-20/h1-3,12-13,15-16H,4-11,14H2,(H,25,32)(H,26,29). The normalized spacial score (nSPS) is 18.1. The second-order valence-corrected chi connectivity index (χ2v) is 10.0. The average Bonchev–Trinajstić information content (AvgIpc) is 3.52. The molecule has 9 nitrogen and oxygen atoms in total. The van der Waals surface area contributed by atoms with Crippen LogP contribution >= 0.6 is 11.3 Å². The third kappa shape index (κ3) is 4.13. The molecule has 1 amide bonds. The number of nitrogens with zero attached hydrogens (tertiary/aromatic N) is 5. The van der Waals surface area contributed by atoms with Gasteiger partial charge in [0.1, 0.15) is 0 Å². The van der Waals surface area contributed by atoms with Crippen molar-refractivity contribution in [2.24, 2.45) is 0 Å². The number of fused-ring (bicyclic) bond motifs is 2. The van der Waals surface area contributed by atoms with Gasteiger partial charge in [-0.3, -0.25) is 14.8 Å². The van der Waals surface area contributed by atoms with Gasteiger partial charge in [0.15, 0.2) is 11.6 Å². The van der Waals surface area contributed by atoms with Crippen molar-refractivity contribution in [2.75, 3.05) is 44.3 Å². The van der Waals surface area contributed by atoms with Gasteiger partial charge in [-0.15, -0.1) is 11.3 Å². The minimum atomic E-state index is 0.295. The van der Waals surface area contributed by atoms with Crippen molar-refractivity contribution in [3.8, 4) is 11.4 Å². The Morgan fingerprint density at radius 2 is 2.03 bits per heavy atom. The molecule has 1 aromatic carbocycles. The van der Waals surface area contributed by atoms with Gasteiger partial charge in [0.2, 0.25) is 6.41 Å². The maximum Gasteiger partial charge on any atom is 0.207 e. The first-order valence-electron chi connectivity index (χ1n) is 11.8.